The van der Waals surface area contributed by atoms with Crippen LogP contribution in [0.5, 0.6) is 5.75 Å². The molecule has 0 bridgehead atoms. The van der Waals surface area contributed by atoms with Crippen molar-refractivity contribution in [2.24, 2.45) is 0 Å². The van der Waals surface area contributed by atoms with Gasteiger partial charge in [0, 0.05) is 10.6 Å². The van der Waals surface area contributed by atoms with Gasteiger partial charge in [0.05, 0.1) is 5.02 Å². The lowest BCUT2D eigenvalue weighted by molar-refractivity contribution is -0.122. The molecule has 0 heterocycles. The van der Waals surface area contributed by atoms with E-state index >= 15 is 0 Å². The van der Waals surface area contributed by atoms with E-state index in [1.807, 2.05) is 49.6 Å². The Morgan fingerprint density at radius 3 is 2.73 bits per heavy atom. The van der Waals surface area contributed by atoms with E-state index in [1.54, 1.807) is 23.9 Å². The summed E-state index contributed by atoms with van der Waals surface area (Å²) in [6, 6.07) is 14.9. The lowest BCUT2D eigenvalue weighted by atomic mass is 10.2. The molecule has 1 atom stereocenters. The smallest absolute Gasteiger partial charge is 0.265 e. The molecule has 2 aromatic rings. The average molecular weight is 336 g/mol. The SMILES string of the molecule is CCC(Oc1ccccc1Cl)C(=O)Nc1cccc(SC)c1. The molecule has 0 spiro atoms. The van der Waals surface area contributed by atoms with E-state index in [9.17, 15) is 4.79 Å². The number of ether oxygens (including phenoxy) is 1. The maximum Gasteiger partial charge on any atom is 0.265 e. The van der Waals surface area contributed by atoms with Crippen LogP contribution in [-0.4, -0.2) is 18.3 Å². The highest BCUT2D eigenvalue weighted by Gasteiger charge is 2.19. The summed E-state index contributed by atoms with van der Waals surface area (Å²) >= 11 is 7.70. The normalized spacial score (nSPS) is 11.8. The molecule has 22 heavy (non-hydrogen) atoms. The van der Waals surface area contributed by atoms with E-state index in [0.29, 0.717) is 17.2 Å². The first-order valence-corrected chi connectivity index (χ1v) is 8.60. The standard InChI is InChI=1S/C17H18ClNO2S/c1-3-15(21-16-10-5-4-9-14(16)18)17(20)19-12-7-6-8-13(11-12)22-2/h4-11,15H,3H2,1-2H3,(H,19,20). The molecule has 0 fully saturated rings. The number of para-hydroxylation sites is 1. The van der Waals surface area contributed by atoms with Crippen LogP contribution in [0.4, 0.5) is 5.69 Å². The van der Waals surface area contributed by atoms with Crippen molar-refractivity contribution < 1.29 is 9.53 Å². The minimum Gasteiger partial charge on any atom is -0.479 e. The number of amides is 1. The van der Waals surface area contributed by atoms with Crippen molar-refractivity contribution in [2.45, 2.75) is 24.3 Å². The maximum atomic E-state index is 12.4. The third kappa shape index (κ3) is 4.42. The van der Waals surface area contributed by atoms with Gasteiger partial charge in [0.1, 0.15) is 5.75 Å². The molecule has 3 nitrogen and oxygen atoms in total. The van der Waals surface area contributed by atoms with E-state index in [1.165, 1.54) is 0 Å². The molecule has 0 radical (unpaired) electrons. The molecular formula is C17H18ClNO2S. The van der Waals surface area contributed by atoms with Gasteiger partial charge in [0.2, 0.25) is 0 Å². The monoisotopic (exact) mass is 335 g/mol. The molecule has 2 aromatic carbocycles. The van der Waals surface area contributed by atoms with Crippen molar-refractivity contribution in [3.63, 3.8) is 0 Å². The summed E-state index contributed by atoms with van der Waals surface area (Å²) < 4.78 is 5.74. The van der Waals surface area contributed by atoms with Crippen LogP contribution in [0.15, 0.2) is 53.4 Å². The largest absolute Gasteiger partial charge is 0.479 e. The quantitative estimate of drug-likeness (QED) is 0.766. The van der Waals surface area contributed by atoms with Gasteiger partial charge in [-0.1, -0.05) is 36.7 Å². The van der Waals surface area contributed by atoms with E-state index in [0.717, 1.165) is 10.6 Å². The first kappa shape index (κ1) is 16.7. The van der Waals surface area contributed by atoms with Gasteiger partial charge in [-0.3, -0.25) is 4.79 Å². The molecular weight excluding hydrogens is 318 g/mol. The molecule has 0 aromatic heterocycles. The Kier molecular flexibility index (Phi) is 6.16. The highest BCUT2D eigenvalue weighted by Crippen LogP contribution is 2.25. The van der Waals surface area contributed by atoms with Gasteiger partial charge in [-0.25, -0.2) is 0 Å². The molecule has 5 heteroatoms. The van der Waals surface area contributed by atoms with Crippen LogP contribution in [0.2, 0.25) is 5.02 Å². The van der Waals surface area contributed by atoms with Crippen LogP contribution in [0, 0.1) is 0 Å². The summed E-state index contributed by atoms with van der Waals surface area (Å²) in [6.07, 6.45) is 1.97. The van der Waals surface area contributed by atoms with Gasteiger partial charge in [0.25, 0.3) is 5.91 Å². The molecule has 1 N–H and O–H groups in total. The van der Waals surface area contributed by atoms with E-state index in [4.69, 9.17) is 16.3 Å². The Hall–Kier alpha value is -1.65. The zero-order chi connectivity index (χ0) is 15.9. The van der Waals surface area contributed by atoms with Crippen LogP contribution < -0.4 is 10.1 Å². The summed E-state index contributed by atoms with van der Waals surface area (Å²) in [6.45, 7) is 1.90. The lowest BCUT2D eigenvalue weighted by Gasteiger charge is -2.18. The molecule has 1 amide bonds. The molecule has 0 aliphatic carbocycles. The first-order chi connectivity index (χ1) is 10.6. The predicted octanol–water partition coefficient (Wildman–Crippen LogP) is 4.86. The number of carbonyl (C=O) groups excluding carboxylic acids is 1. The van der Waals surface area contributed by atoms with Crippen molar-refractivity contribution in [1.82, 2.24) is 0 Å². The fourth-order valence-electron chi connectivity index (χ4n) is 1.94. The third-order valence-corrected chi connectivity index (χ3v) is 4.14. The van der Waals surface area contributed by atoms with Crippen molar-refractivity contribution in [1.29, 1.82) is 0 Å². The second-order valence-electron chi connectivity index (χ2n) is 4.67. The predicted molar refractivity (Wildman–Crippen MR) is 93.0 cm³/mol. The van der Waals surface area contributed by atoms with Gasteiger partial charge in [-0.2, -0.15) is 0 Å². The number of hydrogen-bond acceptors (Lipinski definition) is 3. The highest BCUT2D eigenvalue weighted by atomic mass is 35.5. The van der Waals surface area contributed by atoms with Gasteiger partial charge < -0.3 is 10.1 Å². The molecule has 0 saturated carbocycles. The molecule has 1 unspecified atom stereocenters. The molecule has 0 aliphatic heterocycles. The number of hydrogen-bond donors (Lipinski definition) is 1. The fraction of sp³-hybridized carbons (Fsp3) is 0.235. The number of nitrogens with one attached hydrogen (secondary N) is 1. The first-order valence-electron chi connectivity index (χ1n) is 7.00. The number of thioether (sulfide) groups is 1. The van der Waals surface area contributed by atoms with Crippen molar-refractivity contribution in [2.75, 3.05) is 11.6 Å². The van der Waals surface area contributed by atoms with Gasteiger partial charge >= 0.3 is 0 Å². The number of carbonyl (C=O) groups is 1. The van der Waals surface area contributed by atoms with Crippen molar-refractivity contribution >= 4 is 35.0 Å². The van der Waals surface area contributed by atoms with Crippen LogP contribution in [0.25, 0.3) is 0 Å². The van der Waals surface area contributed by atoms with Gasteiger partial charge in [-0.05, 0) is 43.0 Å². The van der Waals surface area contributed by atoms with Gasteiger partial charge in [-0.15, -0.1) is 11.8 Å². The van der Waals surface area contributed by atoms with Crippen LogP contribution in [0.3, 0.4) is 0 Å². The Morgan fingerprint density at radius 2 is 2.05 bits per heavy atom. The minimum absolute atomic E-state index is 0.180. The van der Waals surface area contributed by atoms with E-state index in [2.05, 4.69) is 5.32 Å². The minimum atomic E-state index is -0.585. The summed E-state index contributed by atoms with van der Waals surface area (Å²) in [5, 5.41) is 3.39. The number of anilines is 1. The highest BCUT2D eigenvalue weighted by molar-refractivity contribution is 7.98. The number of rotatable bonds is 6. The zero-order valence-corrected chi connectivity index (χ0v) is 14.1. The van der Waals surface area contributed by atoms with Crippen LogP contribution in [-0.2, 0) is 4.79 Å². The number of halogens is 1. The Balaban J connectivity index is 2.07. The van der Waals surface area contributed by atoms with Crippen LogP contribution >= 0.6 is 23.4 Å². The van der Waals surface area contributed by atoms with Crippen molar-refractivity contribution in [3.8, 4) is 5.75 Å². The third-order valence-electron chi connectivity index (χ3n) is 3.11. The van der Waals surface area contributed by atoms with Crippen LogP contribution in [0.1, 0.15) is 13.3 Å². The summed E-state index contributed by atoms with van der Waals surface area (Å²) in [5.41, 5.74) is 0.762. The number of benzene rings is 2. The Labute approximate surface area is 140 Å². The average Bonchev–Trinajstić information content (AvgIpc) is 2.54. The zero-order valence-electron chi connectivity index (χ0n) is 12.5. The summed E-state index contributed by atoms with van der Waals surface area (Å²) in [4.78, 5) is 13.5. The second-order valence-corrected chi connectivity index (χ2v) is 5.95. The van der Waals surface area contributed by atoms with Crippen molar-refractivity contribution in [3.05, 3.63) is 53.6 Å². The molecule has 0 aliphatic rings. The van der Waals surface area contributed by atoms with E-state index < -0.39 is 6.10 Å². The topological polar surface area (TPSA) is 38.3 Å². The Morgan fingerprint density at radius 1 is 1.27 bits per heavy atom. The maximum absolute atomic E-state index is 12.4. The van der Waals surface area contributed by atoms with Gasteiger partial charge in [0.15, 0.2) is 6.10 Å². The lowest BCUT2D eigenvalue weighted by Crippen LogP contribution is -2.32. The Bertz CT molecular complexity index is 648. The van der Waals surface area contributed by atoms with E-state index in [-0.39, 0.29) is 5.91 Å². The fourth-order valence-corrected chi connectivity index (χ4v) is 2.58. The summed E-state index contributed by atoms with van der Waals surface area (Å²) in [7, 11) is 0. The molecule has 2 rings (SSSR count). The second kappa shape index (κ2) is 8.11. The molecule has 0 saturated heterocycles. The molecule has 116 valence electrons. The summed E-state index contributed by atoms with van der Waals surface area (Å²) in [5.74, 6) is 0.338.